The molecule has 262 valence electrons. The van der Waals surface area contributed by atoms with Crippen LogP contribution in [-0.2, 0) is 0 Å². The van der Waals surface area contributed by atoms with Crippen LogP contribution in [0.15, 0.2) is 200 Å². The summed E-state index contributed by atoms with van der Waals surface area (Å²) in [6.45, 7) is 0. The van der Waals surface area contributed by atoms with Crippen molar-refractivity contribution in [2.45, 2.75) is 0 Å². The lowest BCUT2D eigenvalue weighted by atomic mass is 10.00. The molecule has 0 amide bonds. The van der Waals surface area contributed by atoms with Gasteiger partial charge in [0.1, 0.15) is 0 Å². The summed E-state index contributed by atoms with van der Waals surface area (Å²) in [4.78, 5) is 4.93. The van der Waals surface area contributed by atoms with Gasteiger partial charge in [0.15, 0.2) is 0 Å². The molecule has 1 aliphatic heterocycles. The first kappa shape index (κ1) is 31.2. The van der Waals surface area contributed by atoms with Gasteiger partial charge in [0.2, 0.25) is 0 Å². The van der Waals surface area contributed by atoms with E-state index in [1.165, 1.54) is 69.6 Å². The Morgan fingerprint density at radius 1 is 0.321 bits per heavy atom. The third-order valence-electron chi connectivity index (χ3n) is 11.4. The summed E-state index contributed by atoms with van der Waals surface area (Å²) in [5.41, 5.74) is 12.6. The maximum Gasteiger partial charge on any atom is 0.0563 e. The first-order valence-electron chi connectivity index (χ1n) is 19.1. The molecule has 0 radical (unpaired) electrons. The Labute approximate surface area is 328 Å². The molecular formula is C52H33N3S. The van der Waals surface area contributed by atoms with Crippen molar-refractivity contribution < 1.29 is 0 Å². The normalized spacial score (nSPS) is 12.6. The first-order valence-corrected chi connectivity index (χ1v) is 19.9. The van der Waals surface area contributed by atoms with Crippen molar-refractivity contribution in [3.05, 3.63) is 200 Å². The van der Waals surface area contributed by atoms with Crippen molar-refractivity contribution in [1.82, 2.24) is 4.57 Å². The van der Waals surface area contributed by atoms with E-state index in [0.717, 1.165) is 34.1 Å². The lowest BCUT2D eigenvalue weighted by Gasteiger charge is -2.29. The molecule has 2 aromatic heterocycles. The van der Waals surface area contributed by atoms with E-state index in [2.05, 4.69) is 215 Å². The smallest absolute Gasteiger partial charge is 0.0563 e. The third kappa shape index (κ3) is 4.63. The number of nitrogens with zero attached hydrogens (tertiary/aromatic N) is 3. The predicted molar refractivity (Wildman–Crippen MR) is 240 cm³/mol. The molecule has 12 rings (SSSR count). The van der Waals surface area contributed by atoms with Crippen LogP contribution in [0.5, 0.6) is 0 Å². The summed E-state index contributed by atoms with van der Waals surface area (Å²) in [6, 6.07) is 73.5. The molecule has 2 bridgehead atoms. The lowest BCUT2D eigenvalue weighted by molar-refractivity contribution is 1.19. The zero-order chi connectivity index (χ0) is 36.7. The standard InChI is InChI=1S/C52H33N3S/c1-3-16-37(17-4-1)53-39-30-36(35-28-29-50-43(32-35)42-21-9-10-27-49(42)56-50)31-40(33-39)54(38-18-5-2-6-19-38)46-24-13-26-48-52(46)51-45(53)23-12-25-47(51)55(48)44-22-11-15-34-14-7-8-20-41(34)44/h1-33H. The fourth-order valence-electron chi connectivity index (χ4n) is 9.04. The van der Waals surface area contributed by atoms with Gasteiger partial charge in [-0.15, -0.1) is 11.3 Å². The molecule has 0 atom stereocenters. The van der Waals surface area contributed by atoms with E-state index < -0.39 is 0 Å². The van der Waals surface area contributed by atoms with Gasteiger partial charge in [0.05, 0.1) is 28.1 Å². The van der Waals surface area contributed by atoms with Crippen molar-refractivity contribution in [2.24, 2.45) is 0 Å². The Balaban J connectivity index is 1.22. The lowest BCUT2D eigenvalue weighted by Crippen LogP contribution is -2.12. The summed E-state index contributed by atoms with van der Waals surface area (Å²) >= 11 is 1.86. The minimum Gasteiger partial charge on any atom is -0.310 e. The van der Waals surface area contributed by atoms with Gasteiger partial charge in [0.25, 0.3) is 0 Å². The molecule has 56 heavy (non-hydrogen) atoms. The number of para-hydroxylation sites is 2. The number of benzene rings is 9. The van der Waals surface area contributed by atoms with Gasteiger partial charge in [-0.2, -0.15) is 0 Å². The van der Waals surface area contributed by atoms with Crippen LogP contribution in [0.3, 0.4) is 0 Å². The first-order chi connectivity index (χ1) is 27.8. The Morgan fingerprint density at radius 2 is 0.857 bits per heavy atom. The van der Waals surface area contributed by atoms with Crippen LogP contribution >= 0.6 is 11.3 Å². The average Bonchev–Trinajstić information content (AvgIpc) is 3.81. The van der Waals surface area contributed by atoms with E-state index in [0.29, 0.717) is 0 Å². The van der Waals surface area contributed by atoms with Gasteiger partial charge in [-0.05, 0) is 108 Å². The van der Waals surface area contributed by atoms with Crippen molar-refractivity contribution in [3.8, 4) is 16.8 Å². The summed E-state index contributed by atoms with van der Waals surface area (Å²) < 4.78 is 5.10. The molecule has 0 saturated carbocycles. The fourth-order valence-corrected chi connectivity index (χ4v) is 10.1. The van der Waals surface area contributed by atoms with Crippen LogP contribution in [0.1, 0.15) is 0 Å². The Kier molecular flexibility index (Phi) is 6.80. The zero-order valence-corrected chi connectivity index (χ0v) is 31.1. The van der Waals surface area contributed by atoms with Gasteiger partial charge in [0, 0.05) is 59.1 Å². The van der Waals surface area contributed by atoms with Crippen LogP contribution in [0.2, 0.25) is 0 Å². The summed E-state index contributed by atoms with van der Waals surface area (Å²) in [7, 11) is 0. The third-order valence-corrected chi connectivity index (χ3v) is 12.6. The van der Waals surface area contributed by atoms with Crippen molar-refractivity contribution >= 4 is 98.2 Å². The maximum atomic E-state index is 2.48. The van der Waals surface area contributed by atoms with Crippen molar-refractivity contribution in [3.63, 3.8) is 0 Å². The van der Waals surface area contributed by atoms with Gasteiger partial charge >= 0.3 is 0 Å². The largest absolute Gasteiger partial charge is 0.310 e. The number of rotatable bonds is 4. The SMILES string of the molecule is c1ccc(N2c3cc(-c4ccc5sc6ccccc6c5c4)cc(c3)N(c3ccccc3)c3cccc4c3c3c2cccc3n4-c2cccc3ccccc23)cc1. The number of hydrogen-bond acceptors (Lipinski definition) is 3. The van der Waals surface area contributed by atoms with Crippen molar-refractivity contribution in [2.75, 3.05) is 9.80 Å². The molecule has 4 heteroatoms. The minimum atomic E-state index is 1.10. The topological polar surface area (TPSA) is 11.4 Å². The van der Waals surface area contributed by atoms with E-state index in [1.807, 2.05) is 11.3 Å². The average molecular weight is 732 g/mol. The summed E-state index contributed by atoms with van der Waals surface area (Å²) in [6.07, 6.45) is 0. The molecule has 3 heterocycles. The van der Waals surface area contributed by atoms with Gasteiger partial charge in [-0.3, -0.25) is 0 Å². The summed E-state index contributed by atoms with van der Waals surface area (Å²) in [5, 5.41) is 7.48. The zero-order valence-electron chi connectivity index (χ0n) is 30.3. The molecule has 11 aromatic rings. The monoisotopic (exact) mass is 731 g/mol. The molecular weight excluding hydrogens is 699 g/mol. The molecule has 0 fully saturated rings. The number of thiophene rings is 1. The quantitative estimate of drug-likeness (QED) is 0.179. The summed E-state index contributed by atoms with van der Waals surface area (Å²) in [5.74, 6) is 0. The second-order valence-corrected chi connectivity index (χ2v) is 15.6. The van der Waals surface area contributed by atoms with E-state index in [4.69, 9.17) is 0 Å². The number of hydrogen-bond donors (Lipinski definition) is 0. The van der Waals surface area contributed by atoms with Crippen LogP contribution in [0.4, 0.5) is 34.1 Å². The van der Waals surface area contributed by atoms with Gasteiger partial charge in [-0.25, -0.2) is 0 Å². The molecule has 0 saturated heterocycles. The molecule has 1 aliphatic rings. The van der Waals surface area contributed by atoms with Gasteiger partial charge in [-0.1, -0.05) is 109 Å². The second kappa shape index (κ2) is 12.2. The molecule has 0 spiro atoms. The van der Waals surface area contributed by atoms with Crippen molar-refractivity contribution in [1.29, 1.82) is 0 Å². The van der Waals surface area contributed by atoms with Crippen LogP contribution in [0, 0.1) is 0 Å². The van der Waals surface area contributed by atoms with Crippen LogP contribution < -0.4 is 9.80 Å². The number of anilines is 6. The van der Waals surface area contributed by atoms with E-state index in [1.54, 1.807) is 0 Å². The molecule has 0 unspecified atom stereocenters. The molecule has 3 nitrogen and oxygen atoms in total. The number of aromatic nitrogens is 1. The Bertz CT molecular complexity index is 3200. The fraction of sp³-hybridized carbons (Fsp3) is 0. The molecule has 9 aromatic carbocycles. The highest BCUT2D eigenvalue weighted by Gasteiger charge is 2.28. The Hall–Kier alpha value is -7.14. The highest BCUT2D eigenvalue weighted by atomic mass is 32.1. The predicted octanol–water partition coefficient (Wildman–Crippen LogP) is 15.2. The van der Waals surface area contributed by atoms with Crippen LogP contribution in [-0.4, -0.2) is 4.57 Å². The molecule has 0 aliphatic carbocycles. The van der Waals surface area contributed by atoms with E-state index >= 15 is 0 Å². The number of fused-ring (bicyclic) bond motifs is 6. The maximum absolute atomic E-state index is 2.48. The minimum absolute atomic E-state index is 1.10. The van der Waals surface area contributed by atoms with E-state index in [-0.39, 0.29) is 0 Å². The van der Waals surface area contributed by atoms with Crippen LogP contribution in [0.25, 0.3) is 69.6 Å². The second-order valence-electron chi connectivity index (χ2n) is 14.6. The highest BCUT2D eigenvalue weighted by Crippen LogP contribution is 2.52. The highest BCUT2D eigenvalue weighted by molar-refractivity contribution is 7.25. The molecule has 0 N–H and O–H groups in total. The van der Waals surface area contributed by atoms with Gasteiger partial charge < -0.3 is 14.4 Å². The van der Waals surface area contributed by atoms with E-state index in [9.17, 15) is 0 Å². The Morgan fingerprint density at radius 3 is 1.54 bits per heavy atom.